The van der Waals surface area contributed by atoms with Gasteiger partial charge < -0.3 is 9.52 Å². The second kappa shape index (κ2) is 6.55. The smallest absolute Gasteiger partial charge is 0.121 e. The van der Waals surface area contributed by atoms with E-state index in [1.54, 1.807) is 0 Å². The van der Waals surface area contributed by atoms with Crippen LogP contribution in [0.2, 0.25) is 0 Å². The first kappa shape index (κ1) is 13.8. The molecule has 0 radical (unpaired) electrons. The Labute approximate surface area is 114 Å². The third-order valence-electron chi connectivity index (χ3n) is 3.30. The van der Waals surface area contributed by atoms with Gasteiger partial charge in [-0.1, -0.05) is 37.3 Å². The fourth-order valence-electron chi connectivity index (χ4n) is 2.22. The van der Waals surface area contributed by atoms with Crippen molar-refractivity contribution in [3.63, 3.8) is 0 Å². The first-order valence-corrected chi connectivity index (χ1v) is 6.72. The Morgan fingerprint density at radius 1 is 1.11 bits per heavy atom. The van der Waals surface area contributed by atoms with Crippen LogP contribution in [0.1, 0.15) is 42.5 Å². The van der Waals surface area contributed by atoms with Gasteiger partial charge in [0.15, 0.2) is 0 Å². The van der Waals surface area contributed by atoms with Crippen LogP contribution in [0, 0.1) is 6.92 Å². The summed E-state index contributed by atoms with van der Waals surface area (Å²) in [6.07, 6.45) is 0.913. The van der Waals surface area contributed by atoms with Gasteiger partial charge in [-0.05, 0) is 31.0 Å². The van der Waals surface area contributed by atoms with E-state index in [1.165, 1.54) is 0 Å². The molecule has 1 aromatic carbocycles. The topological polar surface area (TPSA) is 45.4 Å². The summed E-state index contributed by atoms with van der Waals surface area (Å²) in [5.41, 5.74) is 1.09. The molecule has 0 aliphatic rings. The van der Waals surface area contributed by atoms with E-state index in [0.717, 1.165) is 23.5 Å². The minimum Gasteiger partial charge on any atom is -0.465 e. The molecular formula is C16H21NO2. The lowest BCUT2D eigenvalue weighted by atomic mass is 10.0. The van der Waals surface area contributed by atoms with Crippen LogP contribution in [0.3, 0.4) is 0 Å². The average molecular weight is 259 g/mol. The molecule has 2 rings (SSSR count). The van der Waals surface area contributed by atoms with Crippen LogP contribution < -0.4 is 5.32 Å². The van der Waals surface area contributed by atoms with Crippen molar-refractivity contribution in [3.05, 3.63) is 59.5 Å². The minimum atomic E-state index is -0.0726. The third kappa shape index (κ3) is 3.46. The highest BCUT2D eigenvalue weighted by molar-refractivity contribution is 5.20. The van der Waals surface area contributed by atoms with Gasteiger partial charge in [0.25, 0.3) is 0 Å². The van der Waals surface area contributed by atoms with Crippen molar-refractivity contribution in [2.24, 2.45) is 0 Å². The first-order valence-electron chi connectivity index (χ1n) is 6.72. The summed E-state index contributed by atoms with van der Waals surface area (Å²) in [6.45, 7) is 4.12. The summed E-state index contributed by atoms with van der Waals surface area (Å²) in [7, 11) is 0. The molecule has 0 spiro atoms. The van der Waals surface area contributed by atoms with Crippen LogP contribution in [0.25, 0.3) is 0 Å². The van der Waals surface area contributed by atoms with Gasteiger partial charge in [0.2, 0.25) is 0 Å². The Kier molecular flexibility index (Phi) is 4.77. The van der Waals surface area contributed by atoms with Crippen molar-refractivity contribution in [2.75, 3.05) is 6.61 Å². The van der Waals surface area contributed by atoms with Crippen LogP contribution in [0.4, 0.5) is 0 Å². The molecule has 2 atom stereocenters. The number of furan rings is 1. The Morgan fingerprint density at radius 2 is 1.84 bits per heavy atom. The van der Waals surface area contributed by atoms with E-state index in [-0.39, 0.29) is 18.7 Å². The van der Waals surface area contributed by atoms with Gasteiger partial charge in [0, 0.05) is 0 Å². The standard InChI is InChI=1S/C16H21NO2/c1-3-14(16-10-9-12(2)19-16)17-15(11-18)13-7-5-4-6-8-13/h4-10,14-15,17-18H,3,11H2,1-2H3. The summed E-state index contributed by atoms with van der Waals surface area (Å²) in [5, 5.41) is 13.0. The molecule has 0 saturated heterocycles. The lowest BCUT2D eigenvalue weighted by Gasteiger charge is -2.22. The van der Waals surface area contributed by atoms with Gasteiger partial charge >= 0.3 is 0 Å². The van der Waals surface area contributed by atoms with Crippen LogP contribution >= 0.6 is 0 Å². The highest BCUT2D eigenvalue weighted by Gasteiger charge is 2.18. The van der Waals surface area contributed by atoms with Gasteiger partial charge in [-0.15, -0.1) is 0 Å². The molecule has 3 nitrogen and oxygen atoms in total. The van der Waals surface area contributed by atoms with Crippen molar-refractivity contribution < 1.29 is 9.52 Å². The van der Waals surface area contributed by atoms with Gasteiger partial charge in [-0.25, -0.2) is 0 Å². The number of benzene rings is 1. The molecule has 1 aromatic heterocycles. The predicted octanol–water partition coefficient (Wildman–Crippen LogP) is 3.36. The van der Waals surface area contributed by atoms with E-state index in [2.05, 4.69) is 12.2 Å². The van der Waals surface area contributed by atoms with Crippen molar-refractivity contribution in [1.82, 2.24) is 5.32 Å². The zero-order valence-corrected chi connectivity index (χ0v) is 11.5. The van der Waals surface area contributed by atoms with Crippen LogP contribution in [0.15, 0.2) is 46.9 Å². The zero-order valence-electron chi connectivity index (χ0n) is 11.5. The Balaban J connectivity index is 2.12. The van der Waals surface area contributed by atoms with Crippen molar-refractivity contribution in [3.8, 4) is 0 Å². The second-order valence-electron chi connectivity index (χ2n) is 4.72. The quantitative estimate of drug-likeness (QED) is 0.836. The molecule has 0 bridgehead atoms. The highest BCUT2D eigenvalue weighted by atomic mass is 16.3. The van der Waals surface area contributed by atoms with Gasteiger partial charge in [-0.2, -0.15) is 0 Å². The summed E-state index contributed by atoms with van der Waals surface area (Å²) in [4.78, 5) is 0. The summed E-state index contributed by atoms with van der Waals surface area (Å²) < 4.78 is 5.67. The van der Waals surface area contributed by atoms with E-state index in [9.17, 15) is 5.11 Å². The Bertz CT molecular complexity index is 492. The highest BCUT2D eigenvalue weighted by Crippen LogP contribution is 2.23. The van der Waals surface area contributed by atoms with E-state index in [1.807, 2.05) is 49.4 Å². The molecule has 0 aliphatic carbocycles. The molecule has 102 valence electrons. The molecule has 19 heavy (non-hydrogen) atoms. The van der Waals surface area contributed by atoms with Gasteiger partial charge in [0.05, 0.1) is 18.7 Å². The summed E-state index contributed by atoms with van der Waals surface area (Å²) in [5.74, 6) is 1.84. The number of aliphatic hydroxyl groups excluding tert-OH is 1. The third-order valence-corrected chi connectivity index (χ3v) is 3.30. The van der Waals surface area contributed by atoms with E-state index in [4.69, 9.17) is 4.42 Å². The number of aliphatic hydroxyl groups is 1. The van der Waals surface area contributed by atoms with Crippen LogP contribution in [-0.2, 0) is 0 Å². The molecule has 2 unspecified atom stereocenters. The summed E-state index contributed by atoms with van der Waals surface area (Å²) in [6, 6.07) is 14.0. The maximum absolute atomic E-state index is 9.58. The van der Waals surface area contributed by atoms with Gasteiger partial charge in [-0.3, -0.25) is 5.32 Å². The second-order valence-corrected chi connectivity index (χ2v) is 4.72. The minimum absolute atomic E-state index is 0.0696. The lowest BCUT2D eigenvalue weighted by molar-refractivity contribution is 0.225. The van der Waals surface area contributed by atoms with E-state index >= 15 is 0 Å². The molecular weight excluding hydrogens is 238 g/mol. The van der Waals surface area contributed by atoms with Crippen molar-refractivity contribution in [2.45, 2.75) is 32.4 Å². The van der Waals surface area contributed by atoms with E-state index in [0.29, 0.717) is 0 Å². The molecule has 0 amide bonds. The number of rotatable bonds is 6. The predicted molar refractivity (Wildman–Crippen MR) is 75.9 cm³/mol. The average Bonchev–Trinajstić information content (AvgIpc) is 2.88. The number of hydrogen-bond acceptors (Lipinski definition) is 3. The zero-order chi connectivity index (χ0) is 13.7. The Hall–Kier alpha value is -1.58. The largest absolute Gasteiger partial charge is 0.465 e. The fraction of sp³-hybridized carbons (Fsp3) is 0.375. The maximum Gasteiger partial charge on any atom is 0.121 e. The lowest BCUT2D eigenvalue weighted by Crippen LogP contribution is -2.28. The monoisotopic (exact) mass is 259 g/mol. The number of nitrogens with one attached hydrogen (secondary N) is 1. The van der Waals surface area contributed by atoms with Gasteiger partial charge in [0.1, 0.15) is 11.5 Å². The number of hydrogen-bond donors (Lipinski definition) is 2. The fourth-order valence-corrected chi connectivity index (χ4v) is 2.22. The van der Waals surface area contributed by atoms with Crippen molar-refractivity contribution in [1.29, 1.82) is 0 Å². The molecule has 2 aromatic rings. The first-order chi connectivity index (χ1) is 9.24. The molecule has 0 fully saturated rings. The Morgan fingerprint density at radius 3 is 2.37 bits per heavy atom. The van der Waals surface area contributed by atoms with Crippen molar-refractivity contribution >= 4 is 0 Å². The molecule has 1 heterocycles. The SMILES string of the molecule is CCC(NC(CO)c1ccccc1)c1ccc(C)o1. The molecule has 0 aliphatic heterocycles. The normalized spacial score (nSPS) is 14.3. The van der Waals surface area contributed by atoms with E-state index < -0.39 is 0 Å². The number of aryl methyl sites for hydroxylation is 1. The molecule has 3 heteroatoms. The van der Waals surface area contributed by atoms with Crippen LogP contribution in [-0.4, -0.2) is 11.7 Å². The maximum atomic E-state index is 9.58. The summed E-state index contributed by atoms with van der Waals surface area (Å²) >= 11 is 0. The van der Waals surface area contributed by atoms with Crippen LogP contribution in [0.5, 0.6) is 0 Å². The molecule has 0 saturated carbocycles. The molecule has 2 N–H and O–H groups in total.